The van der Waals surface area contributed by atoms with Gasteiger partial charge in [0.1, 0.15) is 6.79 Å². The van der Waals surface area contributed by atoms with Crippen molar-refractivity contribution in [3.8, 4) is 0 Å². The van der Waals surface area contributed by atoms with Gasteiger partial charge in [-0.25, -0.2) is 0 Å². The van der Waals surface area contributed by atoms with Crippen LogP contribution in [0.5, 0.6) is 0 Å². The van der Waals surface area contributed by atoms with Crippen LogP contribution in [0.25, 0.3) is 0 Å². The van der Waals surface area contributed by atoms with E-state index in [1.54, 1.807) is 0 Å². The average molecular weight is 202 g/mol. The van der Waals surface area contributed by atoms with E-state index in [1.165, 1.54) is 0 Å². The first-order chi connectivity index (χ1) is 6.49. The quantitative estimate of drug-likeness (QED) is 0.753. The first-order valence-electron chi connectivity index (χ1n) is 4.91. The van der Waals surface area contributed by atoms with E-state index in [9.17, 15) is 4.79 Å². The van der Waals surface area contributed by atoms with Crippen molar-refractivity contribution in [3.05, 3.63) is 0 Å². The molecule has 0 aromatic heterocycles. The van der Waals surface area contributed by atoms with Crippen LogP contribution in [-0.2, 0) is 14.3 Å². The molecule has 82 valence electrons. The maximum Gasteiger partial charge on any atom is 0.303 e. The Hall–Kier alpha value is -0.610. The van der Waals surface area contributed by atoms with E-state index in [0.717, 1.165) is 12.8 Å². The first kappa shape index (κ1) is 11.5. The van der Waals surface area contributed by atoms with Gasteiger partial charge in [-0.2, -0.15) is 0 Å². The molecule has 1 unspecified atom stereocenters. The van der Waals surface area contributed by atoms with Crippen LogP contribution in [0.3, 0.4) is 0 Å². The van der Waals surface area contributed by atoms with Crippen molar-refractivity contribution in [2.24, 2.45) is 5.41 Å². The van der Waals surface area contributed by atoms with E-state index in [-0.39, 0.29) is 17.9 Å². The van der Waals surface area contributed by atoms with Crippen molar-refractivity contribution >= 4 is 5.97 Å². The fraction of sp³-hybridized carbons (Fsp3) is 0.900. The van der Waals surface area contributed by atoms with E-state index in [0.29, 0.717) is 13.4 Å². The summed E-state index contributed by atoms with van der Waals surface area (Å²) in [6.45, 7) is 4.97. The Labute approximate surface area is 84.2 Å². The van der Waals surface area contributed by atoms with Crippen molar-refractivity contribution < 1.29 is 19.4 Å². The van der Waals surface area contributed by atoms with Gasteiger partial charge < -0.3 is 14.6 Å². The van der Waals surface area contributed by atoms with Gasteiger partial charge in [0.05, 0.1) is 19.1 Å². The Balaban J connectivity index is 2.36. The van der Waals surface area contributed by atoms with Crippen LogP contribution in [-0.4, -0.2) is 30.6 Å². The third-order valence-corrected chi connectivity index (χ3v) is 2.38. The molecule has 1 heterocycles. The summed E-state index contributed by atoms with van der Waals surface area (Å²) in [6, 6.07) is 0. The summed E-state index contributed by atoms with van der Waals surface area (Å²) in [5, 5.41) is 8.71. The SMILES string of the molecule is CC(C)(CC(=O)O)CC1CCOCO1. The highest BCUT2D eigenvalue weighted by Gasteiger charge is 2.27. The minimum Gasteiger partial charge on any atom is -0.481 e. The number of carboxylic acid groups (broad SMARTS) is 1. The van der Waals surface area contributed by atoms with Gasteiger partial charge in [-0.3, -0.25) is 4.79 Å². The minimum absolute atomic E-state index is 0.151. The predicted molar refractivity (Wildman–Crippen MR) is 51.0 cm³/mol. The van der Waals surface area contributed by atoms with Gasteiger partial charge in [0.25, 0.3) is 0 Å². The molecule has 0 radical (unpaired) electrons. The van der Waals surface area contributed by atoms with E-state index in [2.05, 4.69) is 0 Å². The second-order valence-corrected chi connectivity index (χ2v) is 4.54. The molecule has 0 bridgehead atoms. The fourth-order valence-corrected chi connectivity index (χ4v) is 1.76. The van der Waals surface area contributed by atoms with Gasteiger partial charge in [0.15, 0.2) is 0 Å². The summed E-state index contributed by atoms with van der Waals surface area (Å²) >= 11 is 0. The van der Waals surface area contributed by atoms with Crippen molar-refractivity contribution in [1.82, 2.24) is 0 Å². The molecule has 0 aliphatic carbocycles. The summed E-state index contributed by atoms with van der Waals surface area (Å²) in [4.78, 5) is 10.6. The molecule has 0 saturated carbocycles. The van der Waals surface area contributed by atoms with Crippen LogP contribution in [0.15, 0.2) is 0 Å². The molecule has 0 spiro atoms. The molecule has 1 N–H and O–H groups in total. The van der Waals surface area contributed by atoms with E-state index in [1.807, 2.05) is 13.8 Å². The van der Waals surface area contributed by atoms with Gasteiger partial charge in [0, 0.05) is 0 Å². The zero-order valence-corrected chi connectivity index (χ0v) is 8.78. The largest absolute Gasteiger partial charge is 0.481 e. The number of hydrogen-bond acceptors (Lipinski definition) is 3. The molecule has 1 fully saturated rings. The lowest BCUT2D eigenvalue weighted by Crippen LogP contribution is -2.30. The molecule has 1 aliphatic heterocycles. The van der Waals surface area contributed by atoms with Crippen molar-refractivity contribution in [1.29, 1.82) is 0 Å². The van der Waals surface area contributed by atoms with Crippen LogP contribution in [0.4, 0.5) is 0 Å². The van der Waals surface area contributed by atoms with E-state index < -0.39 is 5.97 Å². The maximum absolute atomic E-state index is 10.6. The molecule has 4 heteroatoms. The summed E-state index contributed by atoms with van der Waals surface area (Å²) in [5.74, 6) is -0.748. The predicted octanol–water partition coefficient (Wildman–Crippen LogP) is 1.64. The molecule has 14 heavy (non-hydrogen) atoms. The zero-order valence-electron chi connectivity index (χ0n) is 8.78. The minimum atomic E-state index is -0.748. The Bertz CT molecular complexity index is 194. The highest BCUT2D eigenvalue weighted by atomic mass is 16.7. The number of ether oxygens (including phenoxy) is 2. The maximum atomic E-state index is 10.6. The van der Waals surface area contributed by atoms with Gasteiger partial charge in [-0.15, -0.1) is 0 Å². The molecule has 1 atom stereocenters. The molecule has 0 aromatic carbocycles. The van der Waals surface area contributed by atoms with Crippen LogP contribution in [0.1, 0.15) is 33.1 Å². The molecular formula is C10H18O4. The fourth-order valence-electron chi connectivity index (χ4n) is 1.76. The normalized spacial score (nSPS) is 23.4. The highest BCUT2D eigenvalue weighted by Crippen LogP contribution is 2.29. The number of carboxylic acids is 1. The van der Waals surface area contributed by atoms with E-state index >= 15 is 0 Å². The van der Waals surface area contributed by atoms with Gasteiger partial charge in [0.2, 0.25) is 0 Å². The van der Waals surface area contributed by atoms with Gasteiger partial charge >= 0.3 is 5.97 Å². The number of aliphatic carboxylic acids is 1. The van der Waals surface area contributed by atoms with Crippen molar-refractivity contribution in [2.75, 3.05) is 13.4 Å². The summed E-state index contributed by atoms with van der Waals surface area (Å²) in [6.07, 6.45) is 1.98. The average Bonchev–Trinajstić information content (AvgIpc) is 2.02. The Morgan fingerprint density at radius 3 is 2.79 bits per heavy atom. The summed E-state index contributed by atoms with van der Waals surface area (Å²) < 4.78 is 10.4. The van der Waals surface area contributed by atoms with Crippen molar-refractivity contribution in [2.45, 2.75) is 39.2 Å². The molecular weight excluding hydrogens is 184 g/mol. The van der Waals surface area contributed by atoms with Crippen LogP contribution < -0.4 is 0 Å². The van der Waals surface area contributed by atoms with Gasteiger partial charge in [-0.1, -0.05) is 13.8 Å². The van der Waals surface area contributed by atoms with Crippen molar-refractivity contribution in [3.63, 3.8) is 0 Å². The molecule has 1 rings (SSSR count). The first-order valence-corrected chi connectivity index (χ1v) is 4.91. The Morgan fingerprint density at radius 2 is 2.29 bits per heavy atom. The lowest BCUT2D eigenvalue weighted by Gasteiger charge is -2.30. The van der Waals surface area contributed by atoms with Crippen LogP contribution in [0, 0.1) is 5.41 Å². The lowest BCUT2D eigenvalue weighted by atomic mass is 9.82. The summed E-state index contributed by atoms with van der Waals surface area (Å²) in [5.41, 5.74) is -0.201. The smallest absolute Gasteiger partial charge is 0.303 e. The molecule has 4 nitrogen and oxygen atoms in total. The molecule has 1 saturated heterocycles. The third-order valence-electron chi connectivity index (χ3n) is 2.38. The number of hydrogen-bond donors (Lipinski definition) is 1. The highest BCUT2D eigenvalue weighted by molar-refractivity contribution is 5.67. The van der Waals surface area contributed by atoms with Crippen LogP contribution in [0.2, 0.25) is 0 Å². The second-order valence-electron chi connectivity index (χ2n) is 4.54. The number of rotatable bonds is 4. The topological polar surface area (TPSA) is 55.8 Å². The Kier molecular flexibility index (Phi) is 3.89. The third kappa shape index (κ3) is 4.07. The lowest BCUT2D eigenvalue weighted by molar-refractivity contribution is -0.152. The Morgan fingerprint density at radius 1 is 1.57 bits per heavy atom. The standard InChI is InChI=1S/C10H18O4/c1-10(2,6-9(11)12)5-8-3-4-13-7-14-8/h8H,3-7H2,1-2H3,(H,11,12). The molecule has 0 aromatic rings. The van der Waals surface area contributed by atoms with Gasteiger partial charge in [-0.05, 0) is 18.3 Å². The summed E-state index contributed by atoms with van der Waals surface area (Å²) in [7, 11) is 0. The molecule has 0 amide bonds. The monoisotopic (exact) mass is 202 g/mol. The second kappa shape index (κ2) is 4.75. The zero-order chi connectivity index (χ0) is 10.6. The molecule has 1 aliphatic rings. The number of carbonyl (C=O) groups is 1. The van der Waals surface area contributed by atoms with E-state index in [4.69, 9.17) is 14.6 Å². The van der Waals surface area contributed by atoms with Crippen LogP contribution >= 0.6 is 0 Å².